The van der Waals surface area contributed by atoms with Crippen LogP contribution in [0.3, 0.4) is 0 Å². The standard InChI is InChI=1S/C14H19NO2S/c1-14(15-7-2-8-18-14)6-5-11-3-4-12-13(9-11)17-10-16-12/h3-4,9,15H,2,5-8,10H2,1H3. The summed E-state index contributed by atoms with van der Waals surface area (Å²) in [7, 11) is 0. The summed E-state index contributed by atoms with van der Waals surface area (Å²) in [5.74, 6) is 3.03. The quantitative estimate of drug-likeness (QED) is 0.910. The summed E-state index contributed by atoms with van der Waals surface area (Å²) in [5, 5.41) is 3.63. The number of hydrogen-bond acceptors (Lipinski definition) is 4. The molecule has 4 heteroatoms. The number of nitrogens with one attached hydrogen (secondary N) is 1. The number of hydrogen-bond donors (Lipinski definition) is 1. The van der Waals surface area contributed by atoms with Crippen molar-refractivity contribution in [3.8, 4) is 11.5 Å². The first-order chi connectivity index (χ1) is 8.75. The number of ether oxygens (including phenoxy) is 2. The molecule has 0 radical (unpaired) electrons. The van der Waals surface area contributed by atoms with E-state index in [2.05, 4.69) is 24.4 Å². The van der Waals surface area contributed by atoms with Crippen LogP contribution < -0.4 is 14.8 Å². The normalized spacial score (nSPS) is 26.3. The summed E-state index contributed by atoms with van der Waals surface area (Å²) in [6.45, 7) is 3.81. The Kier molecular flexibility index (Phi) is 3.39. The predicted octanol–water partition coefficient (Wildman–Crippen LogP) is 2.79. The van der Waals surface area contributed by atoms with Crippen molar-refractivity contribution in [3.05, 3.63) is 23.8 Å². The van der Waals surface area contributed by atoms with Gasteiger partial charge in [-0.05, 0) is 56.2 Å². The largest absolute Gasteiger partial charge is 0.454 e. The van der Waals surface area contributed by atoms with Crippen LogP contribution in [0.5, 0.6) is 11.5 Å². The maximum atomic E-state index is 5.41. The van der Waals surface area contributed by atoms with Crippen LogP contribution >= 0.6 is 11.8 Å². The average molecular weight is 265 g/mol. The number of thioether (sulfide) groups is 1. The lowest BCUT2D eigenvalue weighted by Gasteiger charge is -2.34. The Hall–Kier alpha value is -0.870. The van der Waals surface area contributed by atoms with Gasteiger partial charge in [0.1, 0.15) is 0 Å². The molecule has 2 aliphatic rings. The minimum atomic E-state index is 0.231. The Labute approximate surface area is 112 Å². The molecule has 2 aliphatic heterocycles. The van der Waals surface area contributed by atoms with E-state index in [1.807, 2.05) is 17.8 Å². The summed E-state index contributed by atoms with van der Waals surface area (Å²) >= 11 is 2.04. The molecule has 1 aromatic carbocycles. The average Bonchev–Trinajstić information content (AvgIpc) is 2.85. The van der Waals surface area contributed by atoms with E-state index in [9.17, 15) is 0 Å². The second-order valence-corrected chi connectivity index (χ2v) is 6.65. The molecule has 1 unspecified atom stereocenters. The molecule has 18 heavy (non-hydrogen) atoms. The van der Waals surface area contributed by atoms with Crippen LogP contribution in [0.2, 0.25) is 0 Å². The van der Waals surface area contributed by atoms with Gasteiger partial charge in [-0.15, -0.1) is 11.8 Å². The Morgan fingerprint density at radius 1 is 1.33 bits per heavy atom. The van der Waals surface area contributed by atoms with Crippen molar-refractivity contribution in [2.75, 3.05) is 19.1 Å². The van der Waals surface area contributed by atoms with E-state index in [4.69, 9.17) is 9.47 Å². The summed E-state index contributed by atoms with van der Waals surface area (Å²) in [5.41, 5.74) is 1.33. The molecule has 1 fully saturated rings. The molecule has 2 heterocycles. The molecule has 0 spiro atoms. The summed E-state index contributed by atoms with van der Waals surface area (Å²) in [4.78, 5) is 0.231. The fourth-order valence-electron chi connectivity index (χ4n) is 2.41. The molecule has 0 aromatic heterocycles. The van der Waals surface area contributed by atoms with Gasteiger partial charge < -0.3 is 14.8 Å². The predicted molar refractivity (Wildman–Crippen MR) is 74.4 cm³/mol. The van der Waals surface area contributed by atoms with Gasteiger partial charge in [-0.3, -0.25) is 0 Å². The highest BCUT2D eigenvalue weighted by atomic mass is 32.2. The first kappa shape index (κ1) is 12.2. The van der Waals surface area contributed by atoms with Gasteiger partial charge in [0.05, 0.1) is 4.87 Å². The van der Waals surface area contributed by atoms with Crippen LogP contribution in [0, 0.1) is 0 Å². The van der Waals surface area contributed by atoms with Gasteiger partial charge in [0.15, 0.2) is 11.5 Å². The van der Waals surface area contributed by atoms with Crippen molar-refractivity contribution in [2.24, 2.45) is 0 Å². The van der Waals surface area contributed by atoms with Crippen LogP contribution in [0.1, 0.15) is 25.3 Å². The molecule has 0 bridgehead atoms. The SMILES string of the molecule is CC1(CCc2ccc3c(c2)OCO3)NCCCS1. The zero-order valence-electron chi connectivity index (χ0n) is 10.7. The first-order valence-electron chi connectivity index (χ1n) is 6.53. The molecule has 0 amide bonds. The van der Waals surface area contributed by atoms with Gasteiger partial charge in [-0.2, -0.15) is 0 Å². The molecule has 0 saturated carbocycles. The van der Waals surface area contributed by atoms with Crippen molar-refractivity contribution in [1.29, 1.82) is 0 Å². The van der Waals surface area contributed by atoms with Crippen molar-refractivity contribution in [1.82, 2.24) is 5.32 Å². The second kappa shape index (κ2) is 5.02. The second-order valence-electron chi connectivity index (χ2n) is 5.05. The van der Waals surface area contributed by atoms with Crippen molar-refractivity contribution >= 4 is 11.8 Å². The zero-order valence-corrected chi connectivity index (χ0v) is 11.5. The van der Waals surface area contributed by atoms with Crippen molar-refractivity contribution < 1.29 is 9.47 Å². The summed E-state index contributed by atoms with van der Waals surface area (Å²) < 4.78 is 10.7. The van der Waals surface area contributed by atoms with E-state index < -0.39 is 0 Å². The summed E-state index contributed by atoms with van der Waals surface area (Å²) in [6, 6.07) is 6.27. The number of benzene rings is 1. The third-order valence-corrected chi connectivity index (χ3v) is 5.05. The van der Waals surface area contributed by atoms with Crippen molar-refractivity contribution in [2.45, 2.75) is 31.1 Å². The maximum Gasteiger partial charge on any atom is 0.231 e. The van der Waals surface area contributed by atoms with Gasteiger partial charge in [-0.1, -0.05) is 6.07 Å². The third-order valence-electron chi connectivity index (χ3n) is 3.57. The summed E-state index contributed by atoms with van der Waals surface area (Å²) in [6.07, 6.45) is 3.51. The maximum absolute atomic E-state index is 5.41. The highest BCUT2D eigenvalue weighted by molar-refractivity contribution is 8.00. The molecule has 1 N–H and O–H groups in total. The Morgan fingerprint density at radius 2 is 2.22 bits per heavy atom. The van der Waals surface area contributed by atoms with Crippen LogP contribution in [0.25, 0.3) is 0 Å². The van der Waals surface area contributed by atoms with Gasteiger partial charge in [0.2, 0.25) is 6.79 Å². The Balaban J connectivity index is 1.62. The van der Waals surface area contributed by atoms with Crippen LogP contribution in [0.4, 0.5) is 0 Å². The van der Waals surface area contributed by atoms with Gasteiger partial charge in [-0.25, -0.2) is 0 Å². The van der Waals surface area contributed by atoms with Gasteiger partial charge in [0.25, 0.3) is 0 Å². The van der Waals surface area contributed by atoms with Gasteiger partial charge >= 0.3 is 0 Å². The minimum absolute atomic E-state index is 0.231. The molecule has 1 aromatic rings. The molecule has 98 valence electrons. The van der Waals surface area contributed by atoms with E-state index in [1.54, 1.807) is 0 Å². The topological polar surface area (TPSA) is 30.5 Å². The van der Waals surface area contributed by atoms with Crippen LogP contribution in [-0.4, -0.2) is 24.0 Å². The lowest BCUT2D eigenvalue weighted by atomic mass is 10.0. The zero-order chi connectivity index (χ0) is 12.4. The highest BCUT2D eigenvalue weighted by Gasteiger charge is 2.26. The molecule has 1 saturated heterocycles. The number of rotatable bonds is 3. The van der Waals surface area contributed by atoms with E-state index in [0.29, 0.717) is 6.79 Å². The smallest absolute Gasteiger partial charge is 0.231 e. The Morgan fingerprint density at radius 3 is 3.06 bits per heavy atom. The molecule has 3 nitrogen and oxygen atoms in total. The lowest BCUT2D eigenvalue weighted by Crippen LogP contribution is -2.43. The van der Waals surface area contributed by atoms with Crippen LogP contribution in [-0.2, 0) is 6.42 Å². The Bertz CT molecular complexity index is 430. The first-order valence-corrected chi connectivity index (χ1v) is 7.51. The minimum Gasteiger partial charge on any atom is -0.454 e. The number of aryl methyl sites for hydroxylation is 1. The van der Waals surface area contributed by atoms with Crippen LogP contribution in [0.15, 0.2) is 18.2 Å². The molecule has 3 rings (SSSR count). The lowest BCUT2D eigenvalue weighted by molar-refractivity contribution is 0.174. The molecular weight excluding hydrogens is 246 g/mol. The van der Waals surface area contributed by atoms with E-state index in [-0.39, 0.29) is 4.87 Å². The third kappa shape index (κ3) is 2.59. The highest BCUT2D eigenvalue weighted by Crippen LogP contribution is 2.35. The monoisotopic (exact) mass is 265 g/mol. The fraction of sp³-hybridized carbons (Fsp3) is 0.571. The van der Waals surface area contributed by atoms with Crippen molar-refractivity contribution in [3.63, 3.8) is 0 Å². The van der Waals surface area contributed by atoms with E-state index in [1.165, 1.54) is 17.7 Å². The molecule has 0 aliphatic carbocycles. The molecular formula is C14H19NO2S. The number of fused-ring (bicyclic) bond motifs is 1. The van der Waals surface area contributed by atoms with Gasteiger partial charge in [0, 0.05) is 0 Å². The van der Waals surface area contributed by atoms with E-state index >= 15 is 0 Å². The fourth-order valence-corrected chi connectivity index (χ4v) is 3.60. The van der Waals surface area contributed by atoms with E-state index in [0.717, 1.165) is 30.9 Å². The molecule has 1 atom stereocenters.